The van der Waals surface area contributed by atoms with Gasteiger partial charge in [0.15, 0.2) is 29.5 Å². The molecule has 2 aliphatic heterocycles. The van der Waals surface area contributed by atoms with Crippen LogP contribution >= 0.6 is 0 Å². The predicted octanol–water partition coefficient (Wildman–Crippen LogP) is 1.65. The zero-order valence-electron chi connectivity index (χ0n) is 18.0. The number of hydrogen-bond donors (Lipinski definition) is 3. The Balaban J connectivity index is 1.39. The Morgan fingerprint density at radius 2 is 1.97 bits per heavy atom. The summed E-state index contributed by atoms with van der Waals surface area (Å²) in [4.78, 5) is 24.9. The molecule has 33 heavy (non-hydrogen) atoms. The Kier molecular flexibility index (Phi) is 6.01. The number of nitrogens with zero attached hydrogens (tertiary/aromatic N) is 4. The highest BCUT2D eigenvalue weighted by molar-refractivity contribution is 5.95. The van der Waals surface area contributed by atoms with Crippen LogP contribution < -0.4 is 16.4 Å². The van der Waals surface area contributed by atoms with Crippen molar-refractivity contribution in [3.05, 3.63) is 54.6 Å². The van der Waals surface area contributed by atoms with Crippen molar-refractivity contribution in [3.63, 3.8) is 0 Å². The summed E-state index contributed by atoms with van der Waals surface area (Å²) in [5.41, 5.74) is 7.95. The third kappa shape index (κ3) is 4.18. The molecule has 2 fully saturated rings. The fraction of sp³-hybridized carbons (Fsp3) is 0.364. The normalized spacial score (nSPS) is 26.7. The molecule has 4 heterocycles. The number of fused-ring (bicyclic) bond motifs is 2. The maximum Gasteiger partial charge on any atom is 0.320 e. The number of carbonyl (C=O) groups excluding carboxylic acids is 1. The van der Waals surface area contributed by atoms with Crippen LogP contribution in [-0.2, 0) is 14.2 Å². The number of benzene rings is 1. The molecule has 2 amide bonds. The second-order valence-corrected chi connectivity index (χ2v) is 7.67. The van der Waals surface area contributed by atoms with Crippen molar-refractivity contribution >= 4 is 29.1 Å². The van der Waals surface area contributed by atoms with E-state index in [1.54, 1.807) is 10.9 Å². The van der Waals surface area contributed by atoms with Crippen LogP contribution in [0.5, 0.6) is 0 Å². The van der Waals surface area contributed by atoms with Gasteiger partial charge in [0.1, 0.15) is 24.6 Å². The summed E-state index contributed by atoms with van der Waals surface area (Å²) in [5, 5.41) is 5.36. The number of rotatable bonds is 6. The smallest absolute Gasteiger partial charge is 0.320 e. The molecule has 5 rings (SSSR count). The Bertz CT molecular complexity index is 1150. The van der Waals surface area contributed by atoms with E-state index in [4.69, 9.17) is 19.9 Å². The summed E-state index contributed by atoms with van der Waals surface area (Å²) in [6.07, 6.45) is 4.64. The zero-order chi connectivity index (χ0) is 22.8. The summed E-state index contributed by atoms with van der Waals surface area (Å²) in [6, 6.07) is 9.55. The van der Waals surface area contributed by atoms with Crippen molar-refractivity contribution in [2.45, 2.75) is 37.8 Å². The molecule has 1 aromatic carbocycles. The Morgan fingerprint density at radius 3 is 2.76 bits per heavy atom. The van der Waals surface area contributed by atoms with E-state index in [9.17, 15) is 4.79 Å². The van der Waals surface area contributed by atoms with Crippen molar-refractivity contribution in [2.75, 3.05) is 18.4 Å². The van der Waals surface area contributed by atoms with Crippen molar-refractivity contribution in [3.8, 4) is 0 Å². The SMILES string of the molecule is CCNC(=O)Nc1ncnc2c1ncn2[C@@H]1O[C@H](CN)[C@H]2O[C@H](/C=C/c3ccccc3)O[C@H]21. The molecule has 0 aliphatic carbocycles. The Hall–Kier alpha value is -3.38. The van der Waals surface area contributed by atoms with Crippen molar-refractivity contribution in [1.82, 2.24) is 24.8 Å². The molecular formula is C22H25N7O4. The minimum Gasteiger partial charge on any atom is -0.348 e. The van der Waals surface area contributed by atoms with Crippen LogP contribution in [-0.4, -0.2) is 63.2 Å². The molecule has 2 aliphatic rings. The molecule has 5 atom stereocenters. The number of carbonyl (C=O) groups is 1. The zero-order valence-corrected chi connectivity index (χ0v) is 18.0. The predicted molar refractivity (Wildman–Crippen MR) is 120 cm³/mol. The van der Waals surface area contributed by atoms with Gasteiger partial charge in [0.05, 0.1) is 6.33 Å². The average Bonchev–Trinajstić information content (AvgIpc) is 3.52. The molecule has 3 aromatic rings. The maximum atomic E-state index is 12.0. The minimum atomic E-state index is -0.545. The second-order valence-electron chi connectivity index (χ2n) is 7.67. The number of anilines is 1. The van der Waals surface area contributed by atoms with Crippen molar-refractivity contribution < 1.29 is 19.0 Å². The first-order valence-electron chi connectivity index (χ1n) is 10.8. The van der Waals surface area contributed by atoms with Crippen LogP contribution in [0.25, 0.3) is 17.2 Å². The van der Waals surface area contributed by atoms with Gasteiger partial charge in [0.25, 0.3) is 0 Å². The van der Waals surface area contributed by atoms with E-state index in [0.29, 0.717) is 23.5 Å². The molecule has 4 N–H and O–H groups in total. The number of ether oxygens (including phenoxy) is 3. The fourth-order valence-electron chi connectivity index (χ4n) is 4.06. The van der Waals surface area contributed by atoms with Gasteiger partial charge < -0.3 is 25.3 Å². The van der Waals surface area contributed by atoms with E-state index in [2.05, 4.69) is 25.6 Å². The monoisotopic (exact) mass is 451 g/mol. The first kappa shape index (κ1) is 21.5. The van der Waals surface area contributed by atoms with Gasteiger partial charge in [-0.15, -0.1) is 0 Å². The minimum absolute atomic E-state index is 0.280. The van der Waals surface area contributed by atoms with Gasteiger partial charge in [-0.1, -0.05) is 36.4 Å². The van der Waals surface area contributed by atoms with Crippen LogP contribution in [0.2, 0.25) is 0 Å². The number of nitrogens with one attached hydrogen (secondary N) is 2. The molecule has 2 aromatic heterocycles. The van der Waals surface area contributed by atoms with Crippen LogP contribution in [0.3, 0.4) is 0 Å². The van der Waals surface area contributed by atoms with Gasteiger partial charge in [-0.3, -0.25) is 9.88 Å². The lowest BCUT2D eigenvalue weighted by Crippen LogP contribution is -2.33. The van der Waals surface area contributed by atoms with Crippen LogP contribution in [0.4, 0.5) is 10.6 Å². The third-order valence-corrected chi connectivity index (χ3v) is 5.55. The van der Waals surface area contributed by atoms with Crippen LogP contribution in [0.1, 0.15) is 18.7 Å². The average molecular weight is 451 g/mol. The summed E-state index contributed by atoms with van der Waals surface area (Å²) < 4.78 is 20.2. The van der Waals surface area contributed by atoms with Gasteiger partial charge in [-0.25, -0.2) is 19.7 Å². The molecule has 11 nitrogen and oxygen atoms in total. The molecule has 0 saturated carbocycles. The lowest BCUT2D eigenvalue weighted by molar-refractivity contribution is -0.123. The summed E-state index contributed by atoms with van der Waals surface area (Å²) in [7, 11) is 0. The number of aromatic nitrogens is 4. The maximum absolute atomic E-state index is 12.0. The van der Waals surface area contributed by atoms with E-state index >= 15 is 0 Å². The summed E-state index contributed by atoms with van der Waals surface area (Å²) in [5.74, 6) is 0.307. The third-order valence-electron chi connectivity index (χ3n) is 5.55. The van der Waals surface area contributed by atoms with E-state index < -0.39 is 18.6 Å². The van der Waals surface area contributed by atoms with Crippen LogP contribution in [0.15, 0.2) is 49.1 Å². The van der Waals surface area contributed by atoms with E-state index in [-0.39, 0.29) is 24.8 Å². The lowest BCUT2D eigenvalue weighted by atomic mass is 10.1. The molecule has 0 spiro atoms. The van der Waals surface area contributed by atoms with Gasteiger partial charge in [0, 0.05) is 13.1 Å². The Labute approximate surface area is 190 Å². The van der Waals surface area contributed by atoms with Gasteiger partial charge in [-0.05, 0) is 18.6 Å². The fourth-order valence-corrected chi connectivity index (χ4v) is 4.06. The highest BCUT2D eigenvalue weighted by atomic mass is 16.8. The highest BCUT2D eigenvalue weighted by Gasteiger charge is 2.52. The number of nitrogens with two attached hydrogens (primary N) is 1. The quantitative estimate of drug-likeness (QED) is 0.514. The summed E-state index contributed by atoms with van der Waals surface area (Å²) in [6.45, 7) is 2.60. The second kappa shape index (κ2) is 9.24. The molecule has 2 saturated heterocycles. The number of hydrogen-bond acceptors (Lipinski definition) is 8. The van der Waals surface area contributed by atoms with Crippen molar-refractivity contribution in [2.24, 2.45) is 5.73 Å². The molecular weight excluding hydrogens is 426 g/mol. The first-order chi connectivity index (χ1) is 16.2. The largest absolute Gasteiger partial charge is 0.348 e. The Morgan fingerprint density at radius 1 is 1.15 bits per heavy atom. The van der Waals surface area contributed by atoms with Gasteiger partial charge >= 0.3 is 6.03 Å². The van der Waals surface area contributed by atoms with E-state index in [1.807, 2.05) is 49.4 Å². The van der Waals surface area contributed by atoms with Gasteiger partial charge in [0.2, 0.25) is 0 Å². The standard InChI is InChI=1S/C22H25N7O4/c1-2-24-22(30)28-19-16-20(26-11-25-19)29(12-27-16)21-18-17(14(10-23)31-21)32-15(33-18)9-8-13-6-4-3-5-7-13/h3-9,11-12,14-15,17-18,21H,2,10,23H2,1H3,(H2,24,25,26,28,30)/b9-8+/t14-,15+,17-,18-,21-/m1/s1. The number of urea groups is 1. The molecule has 0 radical (unpaired) electrons. The first-order valence-corrected chi connectivity index (χ1v) is 10.8. The highest BCUT2D eigenvalue weighted by Crippen LogP contribution is 2.40. The molecule has 0 bridgehead atoms. The molecule has 172 valence electrons. The number of imidazole rings is 1. The van der Waals surface area contributed by atoms with E-state index in [1.165, 1.54) is 6.33 Å². The van der Waals surface area contributed by atoms with Crippen LogP contribution in [0, 0.1) is 0 Å². The van der Waals surface area contributed by atoms with Crippen molar-refractivity contribution in [1.29, 1.82) is 0 Å². The van der Waals surface area contributed by atoms with Gasteiger partial charge in [-0.2, -0.15) is 0 Å². The lowest BCUT2D eigenvalue weighted by Gasteiger charge is -2.19. The number of amides is 2. The molecule has 0 unspecified atom stereocenters. The summed E-state index contributed by atoms with van der Waals surface area (Å²) >= 11 is 0. The van der Waals surface area contributed by atoms with E-state index in [0.717, 1.165) is 5.56 Å². The molecule has 11 heteroatoms. The topological polar surface area (TPSA) is 138 Å².